The fourth-order valence-corrected chi connectivity index (χ4v) is 11.6. The predicted octanol–water partition coefficient (Wildman–Crippen LogP) is 10.2. The molecule has 0 radical (unpaired) electrons. The van der Waals surface area contributed by atoms with Gasteiger partial charge in [-0.3, -0.25) is 77.6 Å². The van der Waals surface area contributed by atoms with Crippen molar-refractivity contribution in [1.82, 2.24) is 118 Å². The van der Waals surface area contributed by atoms with Crippen LogP contribution >= 0.6 is 39.1 Å². The van der Waals surface area contributed by atoms with Crippen LogP contribution < -0.4 is 29.2 Å². The first-order valence-electron chi connectivity index (χ1n) is 42.3. The first-order chi connectivity index (χ1) is 64.9. The zero-order valence-electron chi connectivity index (χ0n) is 82.5. The molecule has 0 unspecified atom stereocenters. The van der Waals surface area contributed by atoms with E-state index in [1.807, 2.05) is 19.9 Å². The Kier molecular flexibility index (Phi) is 47.7. The largest absolute Gasteiger partial charge is 1.00 e. The molecule has 0 saturated heterocycles. The maximum Gasteiger partial charge on any atom is 1.00 e. The molecule has 136 heavy (non-hydrogen) atoms. The number of carbonyl (C=O) groups excluding carboxylic acids is 5. The Morgan fingerprint density at radius 2 is 0.765 bits per heavy atom. The second-order valence-electron chi connectivity index (χ2n) is 28.1. The summed E-state index contributed by atoms with van der Waals surface area (Å²) in [4.78, 5) is 114. The van der Waals surface area contributed by atoms with E-state index >= 15 is 0 Å². The van der Waals surface area contributed by atoms with E-state index in [2.05, 4.69) is 121 Å². The number of carbonyl (C=O) groups is 6. The molecule has 14 aromatic rings. The molecule has 2 aromatic carbocycles. The molecule has 43 nitrogen and oxygen atoms in total. The van der Waals surface area contributed by atoms with Gasteiger partial charge in [-0.2, -0.15) is 30.6 Å². The number of benzene rings is 2. The fraction of sp³-hybridized carbons (Fsp3) is 0.318. The number of carboxylic acid groups (broad SMARTS) is 1. The summed E-state index contributed by atoms with van der Waals surface area (Å²) < 4.78 is 76.3. The number of aliphatic hydroxyl groups is 1. The third-order valence-electron chi connectivity index (χ3n) is 16.7. The molecule has 10 N–H and O–H groups in total. The number of aromatic nitrogens is 24. The van der Waals surface area contributed by atoms with E-state index in [1.165, 1.54) is 121 Å². The Bertz CT molecular complexity index is 6230. The summed E-state index contributed by atoms with van der Waals surface area (Å²) in [5, 5.41) is 88.0. The minimum Gasteiger partial charge on any atom is -0.870 e. The van der Waals surface area contributed by atoms with Crippen molar-refractivity contribution in [2.75, 3.05) is 20.8 Å². The van der Waals surface area contributed by atoms with E-state index in [0.717, 1.165) is 5.69 Å². The van der Waals surface area contributed by atoms with Crippen molar-refractivity contribution in [3.63, 3.8) is 0 Å². The third-order valence-corrected chi connectivity index (χ3v) is 17.7. The number of phenols is 3. The number of rotatable bonds is 24. The van der Waals surface area contributed by atoms with Crippen molar-refractivity contribution in [2.24, 2.45) is 5.92 Å². The van der Waals surface area contributed by atoms with Crippen LogP contribution in [0.15, 0.2) is 189 Å². The molecule has 12 aromatic heterocycles. The zero-order valence-corrected chi connectivity index (χ0v) is 79.6. The van der Waals surface area contributed by atoms with Crippen LogP contribution in [0.5, 0.6) is 23.0 Å². The molecule has 0 spiro atoms. The van der Waals surface area contributed by atoms with Gasteiger partial charge < -0.3 is 65.5 Å². The second kappa shape index (κ2) is 60.4. The number of esters is 2. The van der Waals surface area contributed by atoms with Gasteiger partial charge in [-0.1, -0.05) is 33.4 Å². The molecule has 48 heteroatoms. The van der Waals surface area contributed by atoms with Crippen LogP contribution in [0, 0.1) is 5.92 Å². The minimum atomic E-state index is -1.57. The number of aliphatic hydroxyl groups excluding tert-OH is 1. The zero-order chi connectivity index (χ0) is 103. The van der Waals surface area contributed by atoms with Crippen LogP contribution in [0.1, 0.15) is 218 Å². The van der Waals surface area contributed by atoms with E-state index in [0.29, 0.717) is 92.3 Å². The van der Waals surface area contributed by atoms with Gasteiger partial charge in [-0.25, -0.2) is 39.1 Å². The van der Waals surface area contributed by atoms with Gasteiger partial charge in [0.05, 0.1) is 98.1 Å². The average molecular weight is 1980 g/mol. The number of nitrogens with zero attached hydrogens (tertiary/aromatic N) is 24. The van der Waals surface area contributed by atoms with E-state index in [4.69, 9.17) is 61.5 Å². The molecule has 12 heterocycles. The normalized spacial score (nSPS) is 11.3. The van der Waals surface area contributed by atoms with Crippen LogP contribution in [0.3, 0.4) is 0 Å². The van der Waals surface area contributed by atoms with Crippen LogP contribution in [-0.2, 0) is 33.3 Å². The summed E-state index contributed by atoms with van der Waals surface area (Å²) in [5.74, 6) is -1.87. The summed E-state index contributed by atoms with van der Waals surface area (Å²) in [6, 6.07) is 13.2. The molecule has 0 aliphatic heterocycles. The van der Waals surface area contributed by atoms with E-state index in [1.54, 1.807) is 183 Å². The van der Waals surface area contributed by atoms with Gasteiger partial charge in [0.25, 0.3) is 0 Å². The van der Waals surface area contributed by atoms with Gasteiger partial charge in [-0.15, -0.1) is 11.6 Å². The number of hydrogen-bond donors (Lipinski definition) is 7. The molecule has 0 fully saturated rings. The smallest absolute Gasteiger partial charge is 0.870 e. The molecular formula is C88H109BBrCl2LiN24O19. The molecule has 14 rings (SSSR count). The quantitative estimate of drug-likeness (QED) is 0.00738. The number of carboxylic acids is 1. The monoisotopic (exact) mass is 1980 g/mol. The van der Waals surface area contributed by atoms with Crippen LogP contribution in [0.25, 0.3) is 56.9 Å². The molecule has 720 valence electrons. The van der Waals surface area contributed by atoms with E-state index < -0.39 is 66.6 Å². The molecule has 0 aliphatic rings. The number of methoxy groups -OCH3 is 2. The first kappa shape index (κ1) is 107. The Balaban J connectivity index is 0.000000548. The number of alkyl halides is 1. The number of ether oxygens (including phenoxy) is 4. The van der Waals surface area contributed by atoms with Crippen LogP contribution in [0.4, 0.5) is 4.79 Å². The molecule has 0 amide bonds. The van der Waals surface area contributed by atoms with Crippen molar-refractivity contribution in [1.29, 1.82) is 0 Å². The van der Waals surface area contributed by atoms with Crippen molar-refractivity contribution in [3.8, 4) is 79.9 Å². The minimum absolute atomic E-state index is 0. The number of aldehydes is 2. The number of aromatic hydroxyl groups is 3. The summed E-state index contributed by atoms with van der Waals surface area (Å²) in [6.07, 6.45) is 28.3. The molecular weight excluding hydrogens is 1870 g/mol. The van der Waals surface area contributed by atoms with Crippen LogP contribution in [-0.4, -0.2) is 229 Å². The molecule has 0 saturated carbocycles. The molecule has 0 bridgehead atoms. The summed E-state index contributed by atoms with van der Waals surface area (Å²) >= 11 is 13.8. The topological polar surface area (TPSA) is 604 Å². The number of aromatic carboxylic acids is 1. The van der Waals surface area contributed by atoms with E-state index in [9.17, 15) is 39.0 Å². The number of halogens is 3. The van der Waals surface area contributed by atoms with Crippen molar-refractivity contribution in [3.05, 3.63) is 234 Å². The van der Waals surface area contributed by atoms with Gasteiger partial charge in [-0.05, 0) is 166 Å². The van der Waals surface area contributed by atoms with Crippen molar-refractivity contribution < 1.29 is 121 Å². The van der Waals surface area contributed by atoms with Gasteiger partial charge in [0.15, 0.2) is 29.7 Å². The average Bonchev–Trinajstić information content (AvgIpc) is 1.64. The Morgan fingerprint density at radius 1 is 0.449 bits per heavy atom. The van der Waals surface area contributed by atoms with Crippen LogP contribution in [0.2, 0.25) is 0 Å². The summed E-state index contributed by atoms with van der Waals surface area (Å²) in [6.45, 7) is 24.5. The SMILES string of the molecule is C.CC(C)COC(=O)Cl.COC(=O)c1nccnc1Br.O.O=Cc1c(O)cccc1O.[2H]C(C)(C)n1nccc1-c1nccnc1C(=O)O.[2H]C(C)(C)n1nccc1-c1nccnc1C(=O)OC.[2H]C(C)(C)n1nccc1-c1nccnc1CCl.[2H]C(C)(C)n1nccc1-c1nccnc1CO.[2H]C(C)(C)n1nccc1-c1nccnc1COc1cccc(O)c1C=O.[2H]C(C)(C)n1nccc1B(O)O.[Li+].[OH-]. The van der Waals surface area contributed by atoms with Gasteiger partial charge >= 0.3 is 49.3 Å². The van der Waals surface area contributed by atoms with Gasteiger partial charge in [0.1, 0.15) is 68.4 Å². The molecule has 0 aliphatic carbocycles. The van der Waals surface area contributed by atoms with E-state index in [-0.39, 0.29) is 119 Å². The third kappa shape index (κ3) is 34.5. The number of phenolic OH excluding ortho intramolecular Hbond substituents is 3. The van der Waals surface area contributed by atoms with Gasteiger partial charge in [0.2, 0.25) is 0 Å². The van der Waals surface area contributed by atoms with Gasteiger partial charge in [0, 0.05) is 159 Å². The Hall–Kier alpha value is -13.9. The second-order valence-corrected chi connectivity index (χ2v) is 29.4. The maximum atomic E-state index is 11.7. The fourth-order valence-electron chi connectivity index (χ4n) is 11.0. The van der Waals surface area contributed by atoms with Crippen molar-refractivity contribution in [2.45, 2.75) is 160 Å². The Labute approximate surface area is 823 Å². The Morgan fingerprint density at radius 3 is 1.11 bits per heavy atom. The first-order valence-corrected chi connectivity index (χ1v) is 41.0. The summed E-state index contributed by atoms with van der Waals surface area (Å²) in [7, 11) is 1.01. The summed E-state index contributed by atoms with van der Waals surface area (Å²) in [5.41, 5.74) is 6.81. The number of hydrogen-bond acceptors (Lipinski definition) is 35. The van der Waals surface area contributed by atoms with Crippen molar-refractivity contribution >= 4 is 87.8 Å². The predicted molar refractivity (Wildman–Crippen MR) is 503 cm³/mol. The standard InChI is InChI=1S/C18H18N4O3.C12H14N4O2.C11H13ClN4.C11H12N4O2.C11H14N4O.C7H6O3.C6H11BN2O2.C6H5BrN2O2.C5H9ClO2.CH4.Li.2H2O/c1-12(2)22-15(6-7-21-22)18-14(19-8-9-20-18)11-25-17-5-3-4-16(24)13(17)10-23;1-8(2)16-9(4-5-15-16)10-11(12(17)18-3)14-7-6-13-10;1-8(2)16-10(3-4-15-16)11-9(7-12)13-5-6-14-11;1-7(2)15-8(3-4-14-15)9-10(11(16)17)13-6-5-12-9;1-8(2)15-10(3-4-14-15)11-9(7-16)12-5-6-13-11;8-4-5-6(9)2-1-3-7(5)10;1-5(2)9-6(7(10)11)3-4-8-9;1-11-6(10)4-5(7)9-3-2-8-4;1-4(2)3-8-5(6)7;;;;/h3-10,12,24H,11H2,1-2H3;4-8H,1-3H3;3-6,8H,7H2,1-2H3;3-7H,1-2H3,(H,16,17);3-6,8,16H,7H2,1-2H3;1-4,9-10H;3-5,10-11H,1-2H3;2-3H,1H3;4H,3H2,1-2H3;1H4;;2*1H2/q;;;;;;;;;;+1;;/p-1/i12D;2*8D;7D;8D;;5D;;;;;;. The maximum absolute atomic E-state index is 11.7. The molecule has 0 atom stereocenters.